The molecule has 11 heavy (non-hydrogen) atoms. The van der Waals surface area contributed by atoms with Gasteiger partial charge in [-0.2, -0.15) is 26.3 Å². The molecule has 0 atom stereocenters. The monoisotopic (exact) mass is 404 g/mol. The fourth-order valence-electron chi connectivity index (χ4n) is 0. The Morgan fingerprint density at radius 1 is 0.636 bits per heavy atom. The van der Waals surface area contributed by atoms with Gasteiger partial charge in [0.25, 0.3) is 11.0 Å². The molecule has 0 aromatic heterocycles. The number of hydrogen-bond acceptors (Lipinski definition) is 2. The molecule has 0 aromatic carbocycles. The van der Waals surface area contributed by atoms with Gasteiger partial charge in [0.05, 0.1) is 0 Å². The van der Waals surface area contributed by atoms with Crippen molar-refractivity contribution in [2.45, 2.75) is 11.0 Å². The topological polar surface area (TPSA) is 0 Å². The van der Waals surface area contributed by atoms with Gasteiger partial charge in [-0.25, -0.2) is 0 Å². The standard InChI is InChI=1S/2CHF3S.Hg/c2*2-1(3,4)5;/h2*5H;/q;;+2/p-2. The molecule has 0 aliphatic carbocycles. The molecule has 0 spiro atoms. The van der Waals surface area contributed by atoms with Crippen molar-refractivity contribution in [3.8, 4) is 0 Å². The summed E-state index contributed by atoms with van der Waals surface area (Å²) in [4.78, 5) is 0. The van der Waals surface area contributed by atoms with E-state index in [-0.39, 0.29) is 27.7 Å². The third-order valence-electron chi connectivity index (χ3n) is 0. The molecule has 0 N–H and O–H groups in total. The normalized spacial score (nSPS) is 10.9. The van der Waals surface area contributed by atoms with Gasteiger partial charge in [0.15, 0.2) is 0 Å². The summed E-state index contributed by atoms with van der Waals surface area (Å²) in [5.74, 6) is 0. The predicted molar refractivity (Wildman–Crippen MR) is 26.8 cm³/mol. The van der Waals surface area contributed by atoms with E-state index in [0.29, 0.717) is 0 Å². The third kappa shape index (κ3) is 645. The van der Waals surface area contributed by atoms with Crippen molar-refractivity contribution < 1.29 is 54.0 Å². The molecule has 0 aliphatic heterocycles. The molecule has 0 aromatic rings. The van der Waals surface area contributed by atoms with Gasteiger partial charge in [0.1, 0.15) is 0 Å². The van der Waals surface area contributed by atoms with E-state index in [1.165, 1.54) is 0 Å². The van der Waals surface area contributed by atoms with Gasteiger partial charge < -0.3 is 25.3 Å². The van der Waals surface area contributed by atoms with Gasteiger partial charge in [-0.15, -0.1) is 0 Å². The Morgan fingerprint density at radius 2 is 0.636 bits per heavy atom. The minimum atomic E-state index is -4.42. The van der Waals surface area contributed by atoms with Crippen molar-refractivity contribution in [3.05, 3.63) is 0 Å². The van der Waals surface area contributed by atoms with Crippen molar-refractivity contribution in [1.82, 2.24) is 0 Å². The molecule has 0 fully saturated rings. The molecular weight excluding hydrogens is 403 g/mol. The van der Waals surface area contributed by atoms with Gasteiger partial charge in [-0.3, -0.25) is 0 Å². The van der Waals surface area contributed by atoms with E-state index < -0.39 is 11.0 Å². The van der Waals surface area contributed by atoms with Crippen LogP contribution < -0.4 is 0 Å². The summed E-state index contributed by atoms with van der Waals surface area (Å²) in [5.41, 5.74) is -8.83. The predicted octanol–water partition coefficient (Wildman–Crippen LogP) is 2.10. The van der Waals surface area contributed by atoms with E-state index in [2.05, 4.69) is 25.3 Å². The second-order valence-electron chi connectivity index (χ2n) is 0.891. The van der Waals surface area contributed by atoms with Gasteiger partial charge >= 0.3 is 27.7 Å². The van der Waals surface area contributed by atoms with Crippen LogP contribution in [-0.4, -0.2) is 11.0 Å². The van der Waals surface area contributed by atoms with Crippen LogP contribution in [0.25, 0.3) is 0 Å². The summed E-state index contributed by atoms with van der Waals surface area (Å²) in [6.45, 7) is 0. The molecule has 64 valence electrons. The van der Waals surface area contributed by atoms with E-state index >= 15 is 0 Å². The van der Waals surface area contributed by atoms with Gasteiger partial charge in [0.2, 0.25) is 0 Å². The molecule has 0 saturated heterocycles. The van der Waals surface area contributed by atoms with E-state index in [1.54, 1.807) is 0 Å². The van der Waals surface area contributed by atoms with Crippen LogP contribution in [0.5, 0.6) is 0 Å². The van der Waals surface area contributed by atoms with Crippen LogP contribution in [0.1, 0.15) is 0 Å². The Balaban J connectivity index is -0.000000107. The third-order valence-corrected chi connectivity index (χ3v) is 0. The van der Waals surface area contributed by atoms with Gasteiger partial charge in [-0.1, -0.05) is 0 Å². The molecule has 0 nitrogen and oxygen atoms in total. The Kier molecular flexibility index (Phi) is 11.0. The summed E-state index contributed by atoms with van der Waals surface area (Å²) in [5, 5.41) is 0. The number of halogens is 6. The maximum Gasteiger partial charge on any atom is 2.00 e. The quantitative estimate of drug-likeness (QED) is 0.346. The minimum absolute atomic E-state index is 0. The van der Waals surface area contributed by atoms with E-state index in [0.717, 1.165) is 0 Å². The molecular formula is C2F6HgS2. The first-order valence-electron chi connectivity index (χ1n) is 1.54. The Hall–Kier alpha value is 1.22. The number of hydrogen-bond donors (Lipinski definition) is 0. The first kappa shape index (κ1) is 18.1. The Bertz CT molecular complexity index is 61.6. The van der Waals surface area contributed by atoms with Crippen molar-refractivity contribution in [2.75, 3.05) is 0 Å². The number of alkyl halides is 6. The van der Waals surface area contributed by atoms with Crippen molar-refractivity contribution in [1.29, 1.82) is 0 Å². The van der Waals surface area contributed by atoms with Crippen LogP contribution in [0.2, 0.25) is 0 Å². The van der Waals surface area contributed by atoms with Crippen molar-refractivity contribution in [2.24, 2.45) is 0 Å². The summed E-state index contributed by atoms with van der Waals surface area (Å²) in [6, 6.07) is 0. The first-order valence-corrected chi connectivity index (χ1v) is 2.36. The first-order chi connectivity index (χ1) is 4.00. The summed E-state index contributed by atoms with van der Waals surface area (Å²) >= 11 is 5.65. The van der Waals surface area contributed by atoms with Crippen LogP contribution in [-0.2, 0) is 52.9 Å². The second-order valence-corrected chi connectivity index (χ2v) is 1.82. The zero-order valence-corrected chi connectivity index (χ0v) is 11.9. The van der Waals surface area contributed by atoms with Crippen molar-refractivity contribution in [3.63, 3.8) is 0 Å². The largest absolute Gasteiger partial charge is 2.00 e. The summed E-state index contributed by atoms with van der Waals surface area (Å²) in [7, 11) is 0. The van der Waals surface area contributed by atoms with E-state index in [1.807, 2.05) is 0 Å². The average Bonchev–Trinajstić information content (AvgIpc) is 1.12. The molecule has 0 saturated carbocycles. The Labute approximate surface area is 90.0 Å². The molecule has 9 heteroatoms. The molecule has 0 amide bonds. The van der Waals surface area contributed by atoms with Crippen LogP contribution in [0, 0.1) is 0 Å². The Morgan fingerprint density at radius 3 is 0.636 bits per heavy atom. The van der Waals surface area contributed by atoms with Gasteiger partial charge in [0, 0.05) is 0 Å². The minimum Gasteiger partial charge on any atom is -0.680 e. The van der Waals surface area contributed by atoms with Crippen molar-refractivity contribution >= 4 is 25.3 Å². The fraction of sp³-hybridized carbons (Fsp3) is 1.00. The zero-order chi connectivity index (χ0) is 9.00. The zero-order valence-electron chi connectivity index (χ0n) is 4.79. The molecule has 0 bridgehead atoms. The van der Waals surface area contributed by atoms with Gasteiger partial charge in [-0.05, 0) is 0 Å². The van der Waals surface area contributed by atoms with Crippen LogP contribution >= 0.6 is 0 Å². The fourth-order valence-corrected chi connectivity index (χ4v) is 0. The SMILES string of the molecule is FC(F)(F)[S-].FC(F)(F)[S-].[Hg+2]. The average molecular weight is 403 g/mol. The summed E-state index contributed by atoms with van der Waals surface area (Å²) < 4.78 is 61.0. The van der Waals surface area contributed by atoms with Crippen LogP contribution in [0.3, 0.4) is 0 Å². The second kappa shape index (κ2) is 6.70. The maximum atomic E-state index is 10.2. The smallest absolute Gasteiger partial charge is 0.680 e. The van der Waals surface area contributed by atoms with E-state index in [9.17, 15) is 26.3 Å². The molecule has 0 unspecified atom stereocenters. The molecule has 0 heterocycles. The molecule has 0 aliphatic rings. The van der Waals surface area contributed by atoms with Crippen LogP contribution in [0.15, 0.2) is 0 Å². The molecule has 0 rings (SSSR count). The summed E-state index contributed by atoms with van der Waals surface area (Å²) in [6.07, 6.45) is 0. The maximum absolute atomic E-state index is 10.2. The number of rotatable bonds is 0. The van der Waals surface area contributed by atoms with Crippen LogP contribution in [0.4, 0.5) is 26.3 Å². The van der Waals surface area contributed by atoms with E-state index in [4.69, 9.17) is 0 Å². The molecule has 0 radical (unpaired) electrons.